The number of nitrogens with zero attached hydrogens (tertiary/aromatic N) is 4. The lowest BCUT2D eigenvalue weighted by atomic mass is 9.86. The van der Waals surface area contributed by atoms with Crippen molar-refractivity contribution in [3.8, 4) is 62.5 Å². The lowest BCUT2D eigenvalue weighted by Gasteiger charge is -2.17. The van der Waals surface area contributed by atoms with Crippen molar-refractivity contribution >= 4 is 64.6 Å². The SMILES string of the molecule is N#Cc1ccc(-c2ccccc2-c2nc(-c3ccccc3)nc(-c3cccc(-c4cc5ccc6cccc7c8cccc9ccc%10cccc(c(c4)c5c67)c%10c98)c3)n2)cc1. The first kappa shape index (κ1) is 33.8. The number of aromatic nitrogens is 3. The Labute approximate surface area is 345 Å². The van der Waals surface area contributed by atoms with Crippen LogP contribution in [0.2, 0.25) is 0 Å². The number of benzene rings is 10. The van der Waals surface area contributed by atoms with Crippen LogP contribution >= 0.6 is 0 Å². The summed E-state index contributed by atoms with van der Waals surface area (Å²) in [5, 5.41) is 24.5. The molecule has 4 heteroatoms. The quantitative estimate of drug-likeness (QED) is 0.164. The summed E-state index contributed by atoms with van der Waals surface area (Å²) in [7, 11) is 0. The van der Waals surface area contributed by atoms with Gasteiger partial charge in [-0.15, -0.1) is 0 Å². The first-order valence-electron chi connectivity index (χ1n) is 20.2. The average molecular weight is 761 g/mol. The third kappa shape index (κ3) is 5.34. The molecule has 0 aliphatic rings. The van der Waals surface area contributed by atoms with Crippen molar-refractivity contribution in [3.63, 3.8) is 0 Å². The highest BCUT2D eigenvalue weighted by Gasteiger charge is 2.19. The van der Waals surface area contributed by atoms with Crippen LogP contribution in [0.3, 0.4) is 0 Å². The molecule has 0 atom stereocenters. The molecule has 1 aromatic heterocycles. The standard InChI is InChI=1S/C56H32N4/c57-33-34-22-24-35(25-23-34)44-17-4-5-18-48(44)56-59-54(39-10-2-1-3-11-39)58-55(60-56)42-16-6-15-40(30-42)43-31-41-29-28-38-13-8-20-46-45-19-7-12-36-26-27-37-14-9-21-47(52(37)50(36)45)49(32-43)53(41)51(38)46/h1-32H. The van der Waals surface area contributed by atoms with E-state index in [1.54, 1.807) is 0 Å². The highest BCUT2D eigenvalue weighted by molar-refractivity contribution is 6.37. The molecule has 0 unspecified atom stereocenters. The lowest BCUT2D eigenvalue weighted by molar-refractivity contribution is 1.07. The number of rotatable bonds is 5. The zero-order chi connectivity index (χ0) is 39.7. The molecular weight excluding hydrogens is 729 g/mol. The van der Waals surface area contributed by atoms with Gasteiger partial charge in [0.05, 0.1) is 11.6 Å². The van der Waals surface area contributed by atoms with Gasteiger partial charge in [-0.25, -0.2) is 15.0 Å². The van der Waals surface area contributed by atoms with Crippen molar-refractivity contribution < 1.29 is 0 Å². The largest absolute Gasteiger partial charge is 0.208 e. The molecule has 12 aromatic rings. The van der Waals surface area contributed by atoms with Gasteiger partial charge in [-0.1, -0.05) is 164 Å². The maximum absolute atomic E-state index is 9.45. The predicted octanol–water partition coefficient (Wildman–Crippen LogP) is 14.4. The van der Waals surface area contributed by atoms with Crippen LogP contribution in [-0.4, -0.2) is 15.0 Å². The minimum atomic E-state index is 0.580. The molecule has 60 heavy (non-hydrogen) atoms. The van der Waals surface area contributed by atoms with E-state index in [4.69, 9.17) is 15.0 Å². The molecule has 276 valence electrons. The number of hydrogen-bond acceptors (Lipinski definition) is 4. The Bertz CT molecular complexity index is 3710. The second kappa shape index (κ2) is 13.4. The second-order valence-electron chi connectivity index (χ2n) is 15.5. The topological polar surface area (TPSA) is 62.5 Å². The summed E-state index contributed by atoms with van der Waals surface area (Å²) in [5.74, 6) is 1.77. The second-order valence-corrected chi connectivity index (χ2v) is 15.5. The van der Waals surface area contributed by atoms with Crippen molar-refractivity contribution in [1.29, 1.82) is 5.26 Å². The molecule has 0 amide bonds. The first-order chi connectivity index (χ1) is 29.7. The fraction of sp³-hybridized carbons (Fsp3) is 0. The van der Waals surface area contributed by atoms with Crippen LogP contribution in [0.4, 0.5) is 0 Å². The van der Waals surface area contributed by atoms with E-state index in [-0.39, 0.29) is 0 Å². The van der Waals surface area contributed by atoms with E-state index in [0.29, 0.717) is 23.0 Å². The molecule has 0 spiro atoms. The summed E-state index contributed by atoms with van der Waals surface area (Å²) in [4.78, 5) is 15.4. The van der Waals surface area contributed by atoms with E-state index in [2.05, 4.69) is 133 Å². The van der Waals surface area contributed by atoms with Crippen LogP contribution in [0.1, 0.15) is 5.56 Å². The molecule has 11 aromatic carbocycles. The summed E-state index contributed by atoms with van der Waals surface area (Å²) < 4.78 is 0. The maximum atomic E-state index is 9.45. The molecule has 0 bridgehead atoms. The summed E-state index contributed by atoms with van der Waals surface area (Å²) in [6.07, 6.45) is 0. The Morgan fingerprint density at radius 2 is 0.800 bits per heavy atom. The van der Waals surface area contributed by atoms with Crippen molar-refractivity contribution in [1.82, 2.24) is 15.0 Å². The van der Waals surface area contributed by atoms with E-state index in [0.717, 1.165) is 38.9 Å². The molecule has 0 saturated heterocycles. The fourth-order valence-electron chi connectivity index (χ4n) is 9.28. The van der Waals surface area contributed by atoms with Gasteiger partial charge in [0.15, 0.2) is 17.5 Å². The Hall–Kier alpha value is -8.26. The predicted molar refractivity (Wildman–Crippen MR) is 248 cm³/mol. The van der Waals surface area contributed by atoms with Gasteiger partial charge in [0.2, 0.25) is 0 Å². The third-order valence-corrected chi connectivity index (χ3v) is 12.0. The van der Waals surface area contributed by atoms with Gasteiger partial charge >= 0.3 is 0 Å². The van der Waals surface area contributed by atoms with Crippen molar-refractivity contribution in [3.05, 3.63) is 200 Å². The van der Waals surface area contributed by atoms with E-state index in [1.165, 1.54) is 64.6 Å². The minimum absolute atomic E-state index is 0.580. The van der Waals surface area contributed by atoms with Crippen LogP contribution in [0, 0.1) is 11.3 Å². The van der Waals surface area contributed by atoms with Crippen LogP contribution < -0.4 is 0 Å². The molecule has 0 fully saturated rings. The number of fused-ring (bicyclic) bond motifs is 2. The Kier molecular flexibility index (Phi) is 7.57. The van der Waals surface area contributed by atoms with Crippen molar-refractivity contribution in [2.75, 3.05) is 0 Å². The highest BCUT2D eigenvalue weighted by atomic mass is 15.0. The molecule has 1 heterocycles. The van der Waals surface area contributed by atoms with E-state index < -0.39 is 0 Å². The Morgan fingerprint density at radius 1 is 0.300 bits per heavy atom. The van der Waals surface area contributed by atoms with E-state index >= 15 is 0 Å². The zero-order valence-electron chi connectivity index (χ0n) is 32.3. The van der Waals surface area contributed by atoms with Gasteiger partial charge in [-0.2, -0.15) is 5.26 Å². The molecule has 0 saturated carbocycles. The van der Waals surface area contributed by atoms with Crippen LogP contribution in [-0.2, 0) is 0 Å². The lowest BCUT2D eigenvalue weighted by Crippen LogP contribution is -2.01. The van der Waals surface area contributed by atoms with Crippen LogP contribution in [0.25, 0.3) is 121 Å². The van der Waals surface area contributed by atoms with Gasteiger partial charge < -0.3 is 0 Å². The summed E-state index contributed by atoms with van der Waals surface area (Å²) in [6, 6.07) is 70.7. The Balaban J connectivity index is 1.09. The summed E-state index contributed by atoms with van der Waals surface area (Å²) in [5.41, 5.74) is 7.47. The van der Waals surface area contributed by atoms with Crippen molar-refractivity contribution in [2.45, 2.75) is 0 Å². The summed E-state index contributed by atoms with van der Waals surface area (Å²) >= 11 is 0. The van der Waals surface area contributed by atoms with Crippen LogP contribution in [0.15, 0.2) is 194 Å². The zero-order valence-corrected chi connectivity index (χ0v) is 32.3. The third-order valence-electron chi connectivity index (χ3n) is 12.0. The normalized spacial score (nSPS) is 11.7. The number of nitriles is 1. The van der Waals surface area contributed by atoms with Gasteiger partial charge in [0, 0.05) is 16.7 Å². The maximum Gasteiger partial charge on any atom is 0.164 e. The Morgan fingerprint density at radius 3 is 1.45 bits per heavy atom. The first-order valence-corrected chi connectivity index (χ1v) is 20.2. The highest BCUT2D eigenvalue weighted by Crippen LogP contribution is 2.44. The van der Waals surface area contributed by atoms with Crippen molar-refractivity contribution in [2.24, 2.45) is 0 Å². The molecule has 4 nitrogen and oxygen atoms in total. The van der Waals surface area contributed by atoms with Crippen LogP contribution in [0.5, 0.6) is 0 Å². The fourth-order valence-corrected chi connectivity index (χ4v) is 9.28. The van der Waals surface area contributed by atoms with Gasteiger partial charge in [-0.3, -0.25) is 0 Å². The molecular formula is C56H32N4. The van der Waals surface area contributed by atoms with Gasteiger partial charge in [0.25, 0.3) is 0 Å². The molecule has 0 radical (unpaired) electrons. The minimum Gasteiger partial charge on any atom is -0.208 e. The van der Waals surface area contributed by atoms with Gasteiger partial charge in [0.1, 0.15) is 0 Å². The number of hydrogen-bond donors (Lipinski definition) is 0. The monoisotopic (exact) mass is 760 g/mol. The molecule has 0 N–H and O–H groups in total. The smallest absolute Gasteiger partial charge is 0.164 e. The van der Waals surface area contributed by atoms with E-state index in [1.807, 2.05) is 66.7 Å². The molecule has 0 aliphatic heterocycles. The van der Waals surface area contributed by atoms with Gasteiger partial charge in [-0.05, 0) is 117 Å². The average Bonchev–Trinajstić information content (AvgIpc) is 3.32. The summed E-state index contributed by atoms with van der Waals surface area (Å²) in [6.45, 7) is 0. The van der Waals surface area contributed by atoms with E-state index in [9.17, 15) is 5.26 Å². The molecule has 0 aliphatic carbocycles. The molecule has 12 rings (SSSR count).